The molecule has 0 radical (unpaired) electrons. The van der Waals surface area contributed by atoms with Gasteiger partial charge in [0.1, 0.15) is 16.1 Å². The van der Waals surface area contributed by atoms with E-state index in [-0.39, 0.29) is 5.41 Å². The number of rotatable bonds is 1. The number of aromatic nitrogens is 2. The lowest BCUT2D eigenvalue weighted by atomic mass is 10.1. The summed E-state index contributed by atoms with van der Waals surface area (Å²) in [5.74, 6) is 0.778. The topological polar surface area (TPSA) is 25.8 Å². The summed E-state index contributed by atoms with van der Waals surface area (Å²) in [6, 6.07) is 1.55. The summed E-state index contributed by atoms with van der Waals surface area (Å²) in [5, 5.41) is 0.858. The van der Waals surface area contributed by atoms with Crippen LogP contribution in [0.25, 0.3) is 0 Å². The molecule has 0 amide bonds. The summed E-state index contributed by atoms with van der Waals surface area (Å²) in [6.07, 6.45) is 2.26. The molecule has 1 heterocycles. The average Bonchev–Trinajstić information content (AvgIpc) is 2.67. The predicted octanol–water partition coefficient (Wildman–Crippen LogP) is 2.83. The lowest BCUT2D eigenvalue weighted by Crippen LogP contribution is -2.06. The summed E-state index contributed by atoms with van der Waals surface area (Å²) >= 11 is 11.5. The van der Waals surface area contributed by atoms with Gasteiger partial charge in [-0.2, -0.15) is 0 Å². The average molecular weight is 203 g/mol. The third kappa shape index (κ3) is 1.41. The van der Waals surface area contributed by atoms with E-state index in [2.05, 4.69) is 16.9 Å². The molecule has 0 spiro atoms. The van der Waals surface area contributed by atoms with E-state index in [1.165, 1.54) is 0 Å². The van der Waals surface area contributed by atoms with Gasteiger partial charge in [-0.05, 0) is 12.8 Å². The second-order valence-corrected chi connectivity index (χ2v) is 4.17. The summed E-state index contributed by atoms with van der Waals surface area (Å²) in [6.45, 7) is 2.12. The van der Waals surface area contributed by atoms with E-state index in [0.29, 0.717) is 10.3 Å². The Balaban J connectivity index is 2.44. The zero-order valence-electron chi connectivity index (χ0n) is 6.64. The third-order valence-electron chi connectivity index (χ3n) is 2.20. The van der Waals surface area contributed by atoms with Gasteiger partial charge in [0.05, 0.1) is 0 Å². The minimum absolute atomic E-state index is 0.133. The second-order valence-electron chi connectivity index (χ2n) is 3.40. The molecule has 0 aliphatic heterocycles. The SMILES string of the molecule is CC1(c2nc(Cl)cc(Cl)n2)CC1. The van der Waals surface area contributed by atoms with Crippen LogP contribution in [0.2, 0.25) is 10.3 Å². The van der Waals surface area contributed by atoms with Crippen molar-refractivity contribution in [2.45, 2.75) is 25.2 Å². The Morgan fingerprint density at radius 2 is 1.75 bits per heavy atom. The van der Waals surface area contributed by atoms with Crippen molar-refractivity contribution in [3.8, 4) is 0 Å². The van der Waals surface area contributed by atoms with Crippen molar-refractivity contribution in [3.63, 3.8) is 0 Å². The van der Waals surface area contributed by atoms with E-state index in [4.69, 9.17) is 23.2 Å². The quantitative estimate of drug-likeness (QED) is 0.655. The molecular formula is C8H8Cl2N2. The molecule has 0 unspecified atom stereocenters. The van der Waals surface area contributed by atoms with Crippen LogP contribution in [0.3, 0.4) is 0 Å². The van der Waals surface area contributed by atoms with Crippen molar-refractivity contribution in [2.75, 3.05) is 0 Å². The Kier molecular flexibility index (Phi) is 1.77. The maximum Gasteiger partial charge on any atom is 0.137 e. The van der Waals surface area contributed by atoms with Crippen LogP contribution >= 0.6 is 23.2 Å². The molecule has 1 aliphatic rings. The minimum Gasteiger partial charge on any atom is -0.221 e. The zero-order valence-corrected chi connectivity index (χ0v) is 8.15. The van der Waals surface area contributed by atoms with E-state index in [9.17, 15) is 0 Å². The van der Waals surface area contributed by atoms with Gasteiger partial charge in [0.15, 0.2) is 0 Å². The number of halogens is 2. The number of nitrogens with zero attached hydrogens (tertiary/aromatic N) is 2. The molecule has 1 aromatic heterocycles. The first-order valence-corrected chi connectivity index (χ1v) is 4.56. The van der Waals surface area contributed by atoms with Gasteiger partial charge < -0.3 is 0 Å². The smallest absolute Gasteiger partial charge is 0.137 e. The molecule has 1 aromatic rings. The zero-order chi connectivity index (χ0) is 8.77. The van der Waals surface area contributed by atoms with E-state index in [1.54, 1.807) is 6.07 Å². The highest BCUT2D eigenvalue weighted by Crippen LogP contribution is 2.46. The first-order chi connectivity index (χ1) is 5.60. The van der Waals surface area contributed by atoms with Crippen molar-refractivity contribution in [1.29, 1.82) is 0 Å². The lowest BCUT2D eigenvalue weighted by Gasteiger charge is -2.06. The molecule has 64 valence electrons. The largest absolute Gasteiger partial charge is 0.221 e. The van der Waals surface area contributed by atoms with Crippen molar-refractivity contribution in [3.05, 3.63) is 22.2 Å². The monoisotopic (exact) mass is 202 g/mol. The Hall–Kier alpha value is -0.340. The highest BCUT2D eigenvalue weighted by molar-refractivity contribution is 6.33. The molecule has 1 saturated carbocycles. The molecule has 0 saturated heterocycles. The summed E-state index contributed by atoms with van der Waals surface area (Å²) in [7, 11) is 0. The molecule has 12 heavy (non-hydrogen) atoms. The van der Waals surface area contributed by atoms with Crippen LogP contribution in [-0.2, 0) is 5.41 Å². The highest BCUT2D eigenvalue weighted by Gasteiger charge is 2.42. The van der Waals surface area contributed by atoms with Crippen LogP contribution in [0, 0.1) is 0 Å². The fourth-order valence-electron chi connectivity index (χ4n) is 1.07. The molecule has 2 rings (SSSR count). The van der Waals surface area contributed by atoms with Gasteiger partial charge in [0.2, 0.25) is 0 Å². The number of hydrogen-bond acceptors (Lipinski definition) is 2. The van der Waals surface area contributed by atoms with Crippen LogP contribution in [0.1, 0.15) is 25.6 Å². The first kappa shape index (κ1) is 8.27. The molecule has 4 heteroatoms. The van der Waals surface area contributed by atoms with E-state index >= 15 is 0 Å². The third-order valence-corrected chi connectivity index (χ3v) is 2.59. The molecule has 0 N–H and O–H groups in total. The van der Waals surface area contributed by atoms with E-state index < -0.39 is 0 Å². The molecule has 0 atom stereocenters. The van der Waals surface area contributed by atoms with Crippen LogP contribution in [0.15, 0.2) is 6.07 Å². The Morgan fingerprint density at radius 1 is 1.25 bits per heavy atom. The molecule has 2 nitrogen and oxygen atoms in total. The fraction of sp³-hybridized carbons (Fsp3) is 0.500. The fourth-order valence-corrected chi connectivity index (χ4v) is 1.49. The minimum atomic E-state index is 0.133. The van der Waals surface area contributed by atoms with Crippen molar-refractivity contribution >= 4 is 23.2 Å². The predicted molar refractivity (Wildman–Crippen MR) is 48.6 cm³/mol. The normalized spacial score (nSPS) is 19.2. The van der Waals surface area contributed by atoms with E-state index in [1.807, 2.05) is 0 Å². The molecule has 0 aromatic carbocycles. The van der Waals surface area contributed by atoms with Crippen LogP contribution in [0.4, 0.5) is 0 Å². The Labute approximate surface area is 80.9 Å². The highest BCUT2D eigenvalue weighted by atomic mass is 35.5. The maximum atomic E-state index is 5.75. The van der Waals surface area contributed by atoms with Gasteiger partial charge >= 0.3 is 0 Å². The Morgan fingerprint density at radius 3 is 2.17 bits per heavy atom. The first-order valence-electron chi connectivity index (χ1n) is 3.81. The van der Waals surface area contributed by atoms with Crippen LogP contribution < -0.4 is 0 Å². The van der Waals surface area contributed by atoms with Crippen molar-refractivity contribution in [2.24, 2.45) is 0 Å². The van der Waals surface area contributed by atoms with Crippen molar-refractivity contribution in [1.82, 2.24) is 9.97 Å². The van der Waals surface area contributed by atoms with Gasteiger partial charge in [-0.25, -0.2) is 9.97 Å². The maximum absolute atomic E-state index is 5.75. The standard InChI is InChI=1S/C8H8Cl2N2/c1-8(2-3-8)7-11-5(9)4-6(10)12-7/h4H,2-3H2,1H3. The second kappa shape index (κ2) is 2.57. The van der Waals surface area contributed by atoms with Gasteiger partial charge in [0, 0.05) is 11.5 Å². The van der Waals surface area contributed by atoms with Gasteiger partial charge in [-0.15, -0.1) is 0 Å². The summed E-state index contributed by atoms with van der Waals surface area (Å²) in [5.41, 5.74) is 0.133. The summed E-state index contributed by atoms with van der Waals surface area (Å²) in [4.78, 5) is 8.28. The van der Waals surface area contributed by atoms with Gasteiger partial charge in [-0.3, -0.25) is 0 Å². The lowest BCUT2D eigenvalue weighted by molar-refractivity contribution is 0.708. The molecule has 1 fully saturated rings. The van der Waals surface area contributed by atoms with Crippen molar-refractivity contribution < 1.29 is 0 Å². The molecule has 1 aliphatic carbocycles. The Bertz CT molecular complexity index is 301. The van der Waals surface area contributed by atoms with Gasteiger partial charge in [-0.1, -0.05) is 30.1 Å². The molecule has 0 bridgehead atoms. The summed E-state index contributed by atoms with van der Waals surface area (Å²) < 4.78 is 0. The van der Waals surface area contributed by atoms with Crippen LogP contribution in [0.5, 0.6) is 0 Å². The van der Waals surface area contributed by atoms with Gasteiger partial charge in [0.25, 0.3) is 0 Å². The molecular weight excluding hydrogens is 195 g/mol. The van der Waals surface area contributed by atoms with Crippen LogP contribution in [-0.4, -0.2) is 9.97 Å². The van der Waals surface area contributed by atoms with E-state index in [0.717, 1.165) is 18.7 Å². The number of hydrogen-bond donors (Lipinski definition) is 0.